The van der Waals surface area contributed by atoms with Crippen LogP contribution in [0.3, 0.4) is 0 Å². The van der Waals surface area contributed by atoms with Gasteiger partial charge in [0, 0.05) is 46.2 Å². The van der Waals surface area contributed by atoms with Gasteiger partial charge in [0.15, 0.2) is 0 Å². The molecule has 0 radical (unpaired) electrons. The summed E-state index contributed by atoms with van der Waals surface area (Å²) in [5.74, 6) is -1.28. The Morgan fingerprint density at radius 2 is 1.71 bits per heavy atom. The molecular weight excluding hydrogens is 224 g/mol. The van der Waals surface area contributed by atoms with Crippen molar-refractivity contribution in [3.8, 4) is 0 Å². The molecule has 1 rings (SSSR count). The fraction of sp³-hybridized carbons (Fsp3) is 0.700. The van der Waals surface area contributed by atoms with Crippen molar-refractivity contribution in [3.05, 3.63) is 0 Å². The predicted octanol–water partition coefficient (Wildman–Crippen LogP) is -2.33. The average Bonchev–Trinajstić information content (AvgIpc) is 2.34. The second-order valence-corrected chi connectivity index (χ2v) is 3.78. The lowest BCUT2D eigenvalue weighted by Gasteiger charge is -2.26. The smallest absolute Gasteiger partial charge is 0.311 e. The lowest BCUT2D eigenvalue weighted by Crippen LogP contribution is -2.51. The van der Waals surface area contributed by atoms with Crippen molar-refractivity contribution in [1.82, 2.24) is 20.9 Å². The van der Waals surface area contributed by atoms with E-state index in [0.29, 0.717) is 32.7 Å². The van der Waals surface area contributed by atoms with Gasteiger partial charge in [0.2, 0.25) is 5.91 Å². The fourth-order valence-electron chi connectivity index (χ4n) is 1.50. The zero-order chi connectivity index (χ0) is 12.7. The quantitative estimate of drug-likeness (QED) is 0.382. The molecule has 0 aromatic rings. The van der Waals surface area contributed by atoms with E-state index in [2.05, 4.69) is 16.0 Å². The molecule has 1 aliphatic heterocycles. The Morgan fingerprint density at radius 3 is 2.29 bits per heavy atom. The highest BCUT2D eigenvalue weighted by Gasteiger charge is 2.22. The summed E-state index contributed by atoms with van der Waals surface area (Å²) in [5.41, 5.74) is 0. The summed E-state index contributed by atoms with van der Waals surface area (Å²) >= 11 is 0. The minimum atomic E-state index is -0.614. The molecule has 0 aromatic heterocycles. The first-order chi connectivity index (χ1) is 8.11. The van der Waals surface area contributed by atoms with E-state index in [0.717, 1.165) is 0 Å². The largest absolute Gasteiger partial charge is 0.355 e. The van der Waals surface area contributed by atoms with E-state index >= 15 is 0 Å². The van der Waals surface area contributed by atoms with E-state index in [1.54, 1.807) is 0 Å². The van der Waals surface area contributed by atoms with Gasteiger partial charge in [-0.05, 0) is 0 Å². The van der Waals surface area contributed by atoms with Crippen molar-refractivity contribution >= 4 is 17.7 Å². The van der Waals surface area contributed by atoms with Gasteiger partial charge in [0.05, 0.1) is 0 Å². The van der Waals surface area contributed by atoms with Crippen molar-refractivity contribution in [1.29, 1.82) is 0 Å². The topological polar surface area (TPSA) is 90.5 Å². The molecule has 1 aliphatic rings. The third-order valence-electron chi connectivity index (χ3n) is 2.38. The zero-order valence-corrected chi connectivity index (χ0v) is 9.91. The fourth-order valence-corrected chi connectivity index (χ4v) is 1.50. The maximum absolute atomic E-state index is 11.6. The number of carbonyl (C=O) groups is 3. The highest BCUT2D eigenvalue weighted by molar-refractivity contribution is 6.35. The Labute approximate surface area is 99.9 Å². The van der Waals surface area contributed by atoms with Gasteiger partial charge in [-0.15, -0.1) is 0 Å². The molecule has 0 aromatic carbocycles. The average molecular weight is 242 g/mol. The van der Waals surface area contributed by atoms with E-state index in [4.69, 9.17) is 0 Å². The van der Waals surface area contributed by atoms with Crippen molar-refractivity contribution in [2.24, 2.45) is 0 Å². The number of rotatable bonds is 3. The number of nitrogens with one attached hydrogen (secondary N) is 3. The van der Waals surface area contributed by atoms with Crippen LogP contribution in [-0.2, 0) is 14.4 Å². The molecule has 0 aliphatic carbocycles. The standard InChI is InChI=1S/C10H18N4O3/c1-8(15)12-2-3-13-9(16)10(17)14-6-4-11-5-7-14/h11H,2-7H2,1H3,(H,12,15)(H,13,16). The third-order valence-corrected chi connectivity index (χ3v) is 2.38. The van der Waals surface area contributed by atoms with Crippen LogP contribution in [0.25, 0.3) is 0 Å². The first kappa shape index (κ1) is 13.4. The van der Waals surface area contributed by atoms with Crippen LogP contribution in [-0.4, -0.2) is 61.9 Å². The molecule has 17 heavy (non-hydrogen) atoms. The van der Waals surface area contributed by atoms with Gasteiger partial charge in [-0.25, -0.2) is 0 Å². The maximum atomic E-state index is 11.6. The van der Waals surface area contributed by atoms with Gasteiger partial charge >= 0.3 is 11.8 Å². The second kappa shape index (κ2) is 6.85. The van der Waals surface area contributed by atoms with Gasteiger partial charge in [-0.1, -0.05) is 0 Å². The minimum Gasteiger partial charge on any atom is -0.355 e. The van der Waals surface area contributed by atoms with E-state index in [1.165, 1.54) is 11.8 Å². The summed E-state index contributed by atoms with van der Waals surface area (Å²) < 4.78 is 0. The molecule has 0 bridgehead atoms. The number of piperazine rings is 1. The first-order valence-corrected chi connectivity index (χ1v) is 5.63. The Kier molecular flexibility index (Phi) is 5.41. The number of carbonyl (C=O) groups excluding carboxylic acids is 3. The van der Waals surface area contributed by atoms with Crippen molar-refractivity contribution in [3.63, 3.8) is 0 Å². The molecule has 1 heterocycles. The Balaban J connectivity index is 2.22. The van der Waals surface area contributed by atoms with Crippen LogP contribution in [0.4, 0.5) is 0 Å². The molecule has 0 unspecified atom stereocenters. The van der Waals surface area contributed by atoms with Crippen LogP contribution in [0.5, 0.6) is 0 Å². The van der Waals surface area contributed by atoms with E-state index < -0.39 is 11.8 Å². The van der Waals surface area contributed by atoms with Crippen molar-refractivity contribution in [2.75, 3.05) is 39.3 Å². The summed E-state index contributed by atoms with van der Waals surface area (Å²) in [6, 6.07) is 0. The van der Waals surface area contributed by atoms with Gasteiger partial charge < -0.3 is 20.9 Å². The lowest BCUT2D eigenvalue weighted by molar-refractivity contribution is -0.146. The molecule has 7 heteroatoms. The molecule has 1 saturated heterocycles. The molecule has 7 nitrogen and oxygen atoms in total. The molecule has 3 N–H and O–H groups in total. The van der Waals surface area contributed by atoms with Crippen LogP contribution in [0, 0.1) is 0 Å². The highest BCUT2D eigenvalue weighted by Crippen LogP contribution is 1.92. The first-order valence-electron chi connectivity index (χ1n) is 5.63. The summed E-state index contributed by atoms with van der Waals surface area (Å²) in [6.45, 7) is 4.52. The molecule has 0 spiro atoms. The second-order valence-electron chi connectivity index (χ2n) is 3.78. The third kappa shape index (κ3) is 4.81. The molecule has 0 saturated carbocycles. The van der Waals surface area contributed by atoms with Crippen molar-refractivity contribution < 1.29 is 14.4 Å². The molecule has 3 amide bonds. The van der Waals surface area contributed by atoms with E-state index in [9.17, 15) is 14.4 Å². The molecule has 96 valence electrons. The number of hydrogen-bond acceptors (Lipinski definition) is 4. The number of hydrogen-bond donors (Lipinski definition) is 3. The van der Waals surface area contributed by atoms with E-state index in [-0.39, 0.29) is 12.5 Å². The van der Waals surface area contributed by atoms with Gasteiger partial charge in [0.1, 0.15) is 0 Å². The van der Waals surface area contributed by atoms with Gasteiger partial charge in [-0.3, -0.25) is 14.4 Å². The van der Waals surface area contributed by atoms with Crippen LogP contribution in [0.15, 0.2) is 0 Å². The van der Waals surface area contributed by atoms with Gasteiger partial charge in [-0.2, -0.15) is 0 Å². The summed E-state index contributed by atoms with van der Waals surface area (Å²) in [4.78, 5) is 35.2. The Bertz CT molecular complexity index is 300. The molecular formula is C10H18N4O3. The lowest BCUT2D eigenvalue weighted by atomic mass is 10.3. The number of amides is 3. The zero-order valence-electron chi connectivity index (χ0n) is 9.91. The van der Waals surface area contributed by atoms with Crippen LogP contribution in [0.1, 0.15) is 6.92 Å². The van der Waals surface area contributed by atoms with Crippen LogP contribution in [0.2, 0.25) is 0 Å². The SMILES string of the molecule is CC(=O)NCCNC(=O)C(=O)N1CCNCC1. The molecule has 0 atom stereocenters. The van der Waals surface area contributed by atoms with Gasteiger partial charge in [0.25, 0.3) is 0 Å². The van der Waals surface area contributed by atoms with Crippen LogP contribution < -0.4 is 16.0 Å². The Hall–Kier alpha value is -1.63. The monoisotopic (exact) mass is 242 g/mol. The Morgan fingerprint density at radius 1 is 1.12 bits per heavy atom. The normalized spacial score (nSPS) is 15.2. The summed E-state index contributed by atoms with van der Waals surface area (Å²) in [6.07, 6.45) is 0. The highest BCUT2D eigenvalue weighted by atomic mass is 16.2. The predicted molar refractivity (Wildman–Crippen MR) is 61.1 cm³/mol. The number of nitrogens with zero attached hydrogens (tertiary/aromatic N) is 1. The van der Waals surface area contributed by atoms with Crippen molar-refractivity contribution in [2.45, 2.75) is 6.92 Å². The van der Waals surface area contributed by atoms with E-state index in [1.807, 2.05) is 0 Å². The molecule has 1 fully saturated rings. The van der Waals surface area contributed by atoms with Crippen LogP contribution >= 0.6 is 0 Å². The summed E-state index contributed by atoms with van der Waals surface area (Å²) in [7, 11) is 0. The summed E-state index contributed by atoms with van der Waals surface area (Å²) in [5, 5.41) is 8.10. The minimum absolute atomic E-state index is 0.160. The maximum Gasteiger partial charge on any atom is 0.311 e.